The second kappa shape index (κ2) is 5.45. The number of pyridine rings is 1. The van der Waals surface area contributed by atoms with E-state index in [-0.39, 0.29) is 0 Å². The van der Waals surface area contributed by atoms with E-state index in [4.69, 9.17) is 16.3 Å². The molecule has 0 bridgehead atoms. The molecule has 0 unspecified atom stereocenters. The van der Waals surface area contributed by atoms with Gasteiger partial charge in [0.15, 0.2) is 0 Å². The molecular weight excluding hydrogens is 186 g/mol. The summed E-state index contributed by atoms with van der Waals surface area (Å²) < 4.78 is 4.91. The van der Waals surface area contributed by atoms with E-state index in [0.717, 1.165) is 5.56 Å². The maximum Gasteiger partial charge on any atom is 0.212 e. The number of hydrogen-bond acceptors (Lipinski definition) is 2. The first-order valence-corrected chi connectivity index (χ1v) is 4.45. The molecule has 0 N–H and O–H groups in total. The third-order valence-electron chi connectivity index (χ3n) is 1.40. The molecule has 0 radical (unpaired) electrons. The predicted octanol–water partition coefficient (Wildman–Crippen LogP) is 2.07. The highest BCUT2D eigenvalue weighted by atomic mass is 35.5. The molecule has 1 heterocycles. The Morgan fingerprint density at radius 3 is 2.92 bits per heavy atom. The molecular formula is C10H10ClNO. The predicted molar refractivity (Wildman–Crippen MR) is 53.0 cm³/mol. The van der Waals surface area contributed by atoms with E-state index in [9.17, 15) is 0 Å². The van der Waals surface area contributed by atoms with Gasteiger partial charge in [-0.1, -0.05) is 11.8 Å². The van der Waals surface area contributed by atoms with Crippen LogP contribution in [0.25, 0.3) is 0 Å². The lowest BCUT2D eigenvalue weighted by Gasteiger charge is -1.95. The molecule has 2 nitrogen and oxygen atoms in total. The van der Waals surface area contributed by atoms with Gasteiger partial charge in [-0.3, -0.25) is 0 Å². The molecule has 1 aromatic rings. The van der Waals surface area contributed by atoms with Crippen molar-refractivity contribution in [1.82, 2.24) is 4.98 Å². The Labute approximate surface area is 82.9 Å². The zero-order valence-electron chi connectivity index (χ0n) is 7.38. The second-order valence-electron chi connectivity index (χ2n) is 2.33. The first kappa shape index (κ1) is 9.88. The van der Waals surface area contributed by atoms with Gasteiger partial charge in [-0.25, -0.2) is 4.98 Å². The molecule has 1 aromatic heterocycles. The summed E-state index contributed by atoms with van der Waals surface area (Å²) in [6.45, 7) is 0. The molecule has 0 aromatic carbocycles. The fourth-order valence-electron chi connectivity index (χ4n) is 0.787. The van der Waals surface area contributed by atoms with Gasteiger partial charge < -0.3 is 4.74 Å². The Kier molecular flexibility index (Phi) is 4.14. The van der Waals surface area contributed by atoms with Crippen molar-refractivity contribution in [3.63, 3.8) is 0 Å². The zero-order valence-corrected chi connectivity index (χ0v) is 8.14. The second-order valence-corrected chi connectivity index (χ2v) is 2.71. The summed E-state index contributed by atoms with van der Waals surface area (Å²) in [6.07, 6.45) is 2.38. The van der Waals surface area contributed by atoms with Crippen molar-refractivity contribution >= 4 is 11.6 Å². The molecule has 0 aliphatic rings. The normalized spacial score (nSPS) is 8.77. The molecule has 3 heteroatoms. The van der Waals surface area contributed by atoms with E-state index >= 15 is 0 Å². The molecule has 13 heavy (non-hydrogen) atoms. The molecule has 68 valence electrons. The van der Waals surface area contributed by atoms with Crippen molar-refractivity contribution in [2.24, 2.45) is 0 Å². The lowest BCUT2D eigenvalue weighted by molar-refractivity contribution is 0.398. The molecule has 1 rings (SSSR count). The van der Waals surface area contributed by atoms with Gasteiger partial charge in [0.1, 0.15) is 0 Å². The molecule has 0 atom stereocenters. The average Bonchev–Trinajstić information content (AvgIpc) is 2.19. The van der Waals surface area contributed by atoms with E-state index in [1.54, 1.807) is 19.4 Å². The van der Waals surface area contributed by atoms with Crippen molar-refractivity contribution in [2.45, 2.75) is 6.42 Å². The number of alkyl halides is 1. The maximum absolute atomic E-state index is 5.48. The minimum Gasteiger partial charge on any atom is -0.481 e. The van der Waals surface area contributed by atoms with E-state index in [1.165, 1.54) is 0 Å². The van der Waals surface area contributed by atoms with Gasteiger partial charge in [-0.2, -0.15) is 0 Å². The van der Waals surface area contributed by atoms with Crippen molar-refractivity contribution in [3.05, 3.63) is 23.9 Å². The van der Waals surface area contributed by atoms with Gasteiger partial charge >= 0.3 is 0 Å². The Hall–Kier alpha value is -1.20. The zero-order chi connectivity index (χ0) is 9.52. The number of ether oxygens (including phenoxy) is 1. The number of hydrogen-bond donors (Lipinski definition) is 0. The summed E-state index contributed by atoms with van der Waals surface area (Å²) >= 11 is 5.48. The van der Waals surface area contributed by atoms with Gasteiger partial charge in [0.05, 0.1) is 7.11 Å². The summed E-state index contributed by atoms with van der Waals surface area (Å²) in [5, 5.41) is 0. The summed E-state index contributed by atoms with van der Waals surface area (Å²) in [7, 11) is 1.58. The number of aromatic nitrogens is 1. The van der Waals surface area contributed by atoms with Crippen LogP contribution < -0.4 is 4.74 Å². The van der Waals surface area contributed by atoms with Crippen LogP contribution in [0.1, 0.15) is 12.0 Å². The van der Waals surface area contributed by atoms with Crippen LogP contribution in [0.2, 0.25) is 0 Å². The van der Waals surface area contributed by atoms with Crippen LogP contribution >= 0.6 is 11.6 Å². The van der Waals surface area contributed by atoms with E-state index in [1.807, 2.05) is 6.07 Å². The number of methoxy groups -OCH3 is 1. The van der Waals surface area contributed by atoms with Crippen molar-refractivity contribution < 1.29 is 4.74 Å². The maximum atomic E-state index is 5.48. The number of halogens is 1. The van der Waals surface area contributed by atoms with Crippen LogP contribution in [0.3, 0.4) is 0 Å². The fraction of sp³-hybridized carbons (Fsp3) is 0.300. The van der Waals surface area contributed by atoms with Crippen LogP contribution in [-0.2, 0) is 0 Å². The number of nitrogens with zero attached hydrogens (tertiary/aromatic N) is 1. The third-order valence-corrected chi connectivity index (χ3v) is 1.59. The fourth-order valence-corrected chi connectivity index (χ4v) is 0.881. The largest absolute Gasteiger partial charge is 0.481 e. The summed E-state index contributed by atoms with van der Waals surface area (Å²) in [6, 6.07) is 3.65. The van der Waals surface area contributed by atoms with E-state index in [2.05, 4.69) is 16.8 Å². The van der Waals surface area contributed by atoms with Gasteiger partial charge in [-0.15, -0.1) is 11.6 Å². The van der Waals surface area contributed by atoms with Crippen LogP contribution in [0, 0.1) is 11.8 Å². The smallest absolute Gasteiger partial charge is 0.212 e. The Bertz CT molecular complexity index is 310. The molecule has 0 fully saturated rings. The molecule has 0 saturated carbocycles. The quantitative estimate of drug-likeness (QED) is 0.533. The molecule has 0 aliphatic heterocycles. The topological polar surface area (TPSA) is 22.1 Å². The first-order valence-electron chi connectivity index (χ1n) is 3.91. The first-order chi connectivity index (χ1) is 6.36. The van der Waals surface area contributed by atoms with Gasteiger partial charge in [0.25, 0.3) is 0 Å². The highest BCUT2D eigenvalue weighted by Crippen LogP contribution is 2.05. The molecule has 0 spiro atoms. The van der Waals surface area contributed by atoms with Crippen LogP contribution in [0.4, 0.5) is 0 Å². The third kappa shape index (κ3) is 3.35. The van der Waals surface area contributed by atoms with Crippen LogP contribution in [0.15, 0.2) is 18.3 Å². The number of rotatable bonds is 2. The van der Waals surface area contributed by atoms with Crippen molar-refractivity contribution in [1.29, 1.82) is 0 Å². The van der Waals surface area contributed by atoms with Crippen molar-refractivity contribution in [3.8, 4) is 17.7 Å². The van der Waals surface area contributed by atoms with E-state index in [0.29, 0.717) is 18.2 Å². The average molecular weight is 196 g/mol. The highest BCUT2D eigenvalue weighted by molar-refractivity contribution is 6.18. The van der Waals surface area contributed by atoms with Crippen LogP contribution in [0.5, 0.6) is 5.88 Å². The van der Waals surface area contributed by atoms with Crippen molar-refractivity contribution in [2.75, 3.05) is 13.0 Å². The molecule has 0 aliphatic carbocycles. The minimum absolute atomic E-state index is 0.566. The highest BCUT2D eigenvalue weighted by Gasteiger charge is 1.90. The Balaban J connectivity index is 2.65. The van der Waals surface area contributed by atoms with E-state index < -0.39 is 0 Å². The molecule has 0 saturated heterocycles. The summed E-state index contributed by atoms with van der Waals surface area (Å²) in [4.78, 5) is 4.02. The SMILES string of the molecule is COc1ccc(C#CCCCl)cn1. The molecule has 0 amide bonds. The summed E-state index contributed by atoms with van der Waals surface area (Å²) in [5.74, 6) is 7.04. The Morgan fingerprint density at radius 2 is 2.38 bits per heavy atom. The monoisotopic (exact) mass is 195 g/mol. The minimum atomic E-state index is 0.566. The Morgan fingerprint density at radius 1 is 1.54 bits per heavy atom. The van der Waals surface area contributed by atoms with Gasteiger partial charge in [0, 0.05) is 30.1 Å². The van der Waals surface area contributed by atoms with Crippen LogP contribution in [-0.4, -0.2) is 18.0 Å². The lowest BCUT2D eigenvalue weighted by Crippen LogP contribution is -1.86. The summed E-state index contributed by atoms with van der Waals surface area (Å²) in [5.41, 5.74) is 0.880. The lowest BCUT2D eigenvalue weighted by atomic mass is 10.3. The van der Waals surface area contributed by atoms with Gasteiger partial charge in [0.2, 0.25) is 5.88 Å². The van der Waals surface area contributed by atoms with Gasteiger partial charge in [-0.05, 0) is 6.07 Å². The standard InChI is InChI=1S/C10H10ClNO/c1-13-10-6-5-9(8-12-10)4-2-3-7-11/h5-6,8H,3,7H2,1H3.